The van der Waals surface area contributed by atoms with E-state index in [1.807, 2.05) is 25.4 Å². The van der Waals surface area contributed by atoms with Crippen molar-refractivity contribution in [1.82, 2.24) is 20.1 Å². The third-order valence-corrected chi connectivity index (χ3v) is 2.55. The monoisotopic (exact) mass is 260 g/mol. The number of hydrogen-bond acceptors (Lipinski definition) is 4. The Morgan fingerprint density at radius 3 is 2.79 bits per heavy atom. The highest BCUT2D eigenvalue weighted by molar-refractivity contribution is 5.30. The van der Waals surface area contributed by atoms with E-state index in [1.165, 1.54) is 0 Å². The van der Waals surface area contributed by atoms with Gasteiger partial charge < -0.3 is 10.1 Å². The van der Waals surface area contributed by atoms with Crippen molar-refractivity contribution in [3.8, 4) is 11.6 Å². The molecule has 0 aromatic carbocycles. The topological polar surface area (TPSA) is 52.0 Å². The maximum atomic E-state index is 5.76. The summed E-state index contributed by atoms with van der Waals surface area (Å²) in [7, 11) is 1.85. The van der Waals surface area contributed by atoms with E-state index in [4.69, 9.17) is 4.74 Å². The summed E-state index contributed by atoms with van der Waals surface area (Å²) < 4.78 is 7.46. The second-order valence-electron chi connectivity index (χ2n) is 5.52. The SMILES string of the molecule is Cn1cc(Oc2ncccc2CNC(C)(C)C)cn1. The number of nitrogens with one attached hydrogen (secondary N) is 1. The molecule has 0 bridgehead atoms. The van der Waals surface area contributed by atoms with Gasteiger partial charge in [0.05, 0.1) is 12.4 Å². The van der Waals surface area contributed by atoms with Crippen LogP contribution in [0.3, 0.4) is 0 Å². The van der Waals surface area contributed by atoms with Crippen LogP contribution in [0.25, 0.3) is 0 Å². The summed E-state index contributed by atoms with van der Waals surface area (Å²) in [5, 5.41) is 7.50. The summed E-state index contributed by atoms with van der Waals surface area (Å²) in [5.41, 5.74) is 1.09. The zero-order valence-corrected chi connectivity index (χ0v) is 11.8. The van der Waals surface area contributed by atoms with Gasteiger partial charge in [0.1, 0.15) is 0 Å². The standard InChI is InChI=1S/C14H20N4O/c1-14(2,3)16-8-11-6-5-7-15-13(11)19-12-9-17-18(4)10-12/h5-7,9-10,16H,8H2,1-4H3. The fourth-order valence-corrected chi connectivity index (χ4v) is 1.57. The average Bonchev–Trinajstić information content (AvgIpc) is 2.73. The van der Waals surface area contributed by atoms with Crippen LogP contribution in [-0.4, -0.2) is 20.3 Å². The second-order valence-corrected chi connectivity index (χ2v) is 5.52. The van der Waals surface area contributed by atoms with E-state index in [9.17, 15) is 0 Å². The number of nitrogens with zero attached hydrogens (tertiary/aromatic N) is 3. The van der Waals surface area contributed by atoms with Crippen molar-refractivity contribution >= 4 is 0 Å². The van der Waals surface area contributed by atoms with E-state index >= 15 is 0 Å². The predicted octanol–water partition coefficient (Wildman–Crippen LogP) is 2.50. The van der Waals surface area contributed by atoms with E-state index in [-0.39, 0.29) is 5.54 Å². The summed E-state index contributed by atoms with van der Waals surface area (Å²) in [6, 6.07) is 3.92. The summed E-state index contributed by atoms with van der Waals surface area (Å²) >= 11 is 0. The van der Waals surface area contributed by atoms with Gasteiger partial charge in [0, 0.05) is 30.9 Å². The minimum Gasteiger partial charge on any atom is -0.435 e. The molecule has 2 aromatic heterocycles. The van der Waals surface area contributed by atoms with Crippen LogP contribution in [0.15, 0.2) is 30.7 Å². The maximum Gasteiger partial charge on any atom is 0.223 e. The fourth-order valence-electron chi connectivity index (χ4n) is 1.57. The molecule has 102 valence electrons. The molecule has 2 aromatic rings. The Hall–Kier alpha value is -1.88. The smallest absolute Gasteiger partial charge is 0.223 e. The van der Waals surface area contributed by atoms with Crippen LogP contribution in [0.2, 0.25) is 0 Å². The quantitative estimate of drug-likeness (QED) is 0.917. The molecule has 2 rings (SSSR count). The summed E-state index contributed by atoms with van der Waals surface area (Å²) in [6.45, 7) is 7.11. The van der Waals surface area contributed by atoms with E-state index in [2.05, 4.69) is 36.2 Å². The number of aromatic nitrogens is 3. The summed E-state index contributed by atoms with van der Waals surface area (Å²) in [4.78, 5) is 4.28. The molecule has 0 amide bonds. The van der Waals surface area contributed by atoms with Gasteiger partial charge in [0.25, 0.3) is 0 Å². The molecular formula is C14H20N4O. The van der Waals surface area contributed by atoms with E-state index < -0.39 is 0 Å². The Morgan fingerprint density at radius 2 is 2.16 bits per heavy atom. The number of hydrogen-bond donors (Lipinski definition) is 1. The van der Waals surface area contributed by atoms with E-state index in [0.717, 1.165) is 5.56 Å². The molecule has 0 spiro atoms. The zero-order chi connectivity index (χ0) is 13.9. The Morgan fingerprint density at radius 1 is 1.37 bits per heavy atom. The minimum absolute atomic E-state index is 0.0570. The van der Waals surface area contributed by atoms with Gasteiger partial charge in [0.15, 0.2) is 5.75 Å². The van der Waals surface area contributed by atoms with Crippen molar-refractivity contribution < 1.29 is 4.74 Å². The van der Waals surface area contributed by atoms with Crippen molar-refractivity contribution in [3.05, 3.63) is 36.3 Å². The van der Waals surface area contributed by atoms with Crippen LogP contribution in [0.4, 0.5) is 0 Å². The van der Waals surface area contributed by atoms with Crippen LogP contribution in [0, 0.1) is 0 Å². The molecule has 0 aliphatic rings. The van der Waals surface area contributed by atoms with E-state index in [0.29, 0.717) is 18.2 Å². The lowest BCUT2D eigenvalue weighted by Gasteiger charge is -2.21. The first-order valence-corrected chi connectivity index (χ1v) is 6.29. The van der Waals surface area contributed by atoms with Crippen molar-refractivity contribution in [2.75, 3.05) is 0 Å². The average molecular weight is 260 g/mol. The lowest BCUT2D eigenvalue weighted by Crippen LogP contribution is -2.35. The molecule has 5 heteroatoms. The lowest BCUT2D eigenvalue weighted by atomic mass is 10.1. The molecule has 0 fully saturated rings. The van der Waals surface area contributed by atoms with Gasteiger partial charge in [-0.15, -0.1) is 0 Å². The van der Waals surface area contributed by atoms with Crippen molar-refractivity contribution in [2.45, 2.75) is 32.9 Å². The number of aryl methyl sites for hydroxylation is 1. The predicted molar refractivity (Wildman–Crippen MR) is 74.1 cm³/mol. The third kappa shape index (κ3) is 4.06. The molecule has 0 aliphatic heterocycles. The first-order chi connectivity index (χ1) is 8.94. The van der Waals surface area contributed by atoms with Crippen LogP contribution in [0.1, 0.15) is 26.3 Å². The Balaban J connectivity index is 2.12. The highest BCUT2D eigenvalue weighted by Gasteiger charge is 2.12. The third-order valence-electron chi connectivity index (χ3n) is 2.55. The Labute approximate surface area is 113 Å². The first-order valence-electron chi connectivity index (χ1n) is 6.29. The van der Waals surface area contributed by atoms with E-state index in [1.54, 1.807) is 17.1 Å². The second kappa shape index (κ2) is 5.40. The first kappa shape index (κ1) is 13.5. The van der Waals surface area contributed by atoms with Crippen LogP contribution < -0.4 is 10.1 Å². The highest BCUT2D eigenvalue weighted by atomic mass is 16.5. The largest absolute Gasteiger partial charge is 0.435 e. The van der Waals surface area contributed by atoms with Crippen molar-refractivity contribution in [3.63, 3.8) is 0 Å². The molecule has 1 N–H and O–H groups in total. The summed E-state index contributed by atoms with van der Waals surface area (Å²) in [6.07, 6.45) is 5.22. The molecule has 5 nitrogen and oxygen atoms in total. The minimum atomic E-state index is 0.0570. The van der Waals surface area contributed by atoms with Gasteiger partial charge in [-0.1, -0.05) is 6.07 Å². The molecule has 0 radical (unpaired) electrons. The summed E-state index contributed by atoms with van der Waals surface area (Å²) in [5.74, 6) is 1.31. The molecule has 2 heterocycles. The van der Waals surface area contributed by atoms with Gasteiger partial charge in [0.2, 0.25) is 5.88 Å². The van der Waals surface area contributed by atoms with Crippen LogP contribution >= 0.6 is 0 Å². The Bertz CT molecular complexity index is 542. The molecule has 0 unspecified atom stereocenters. The van der Waals surface area contributed by atoms with Gasteiger partial charge >= 0.3 is 0 Å². The zero-order valence-electron chi connectivity index (χ0n) is 11.8. The molecule has 0 saturated heterocycles. The molecule has 0 atom stereocenters. The molecule has 19 heavy (non-hydrogen) atoms. The maximum absolute atomic E-state index is 5.76. The number of ether oxygens (including phenoxy) is 1. The normalized spacial score (nSPS) is 11.6. The van der Waals surface area contributed by atoms with Gasteiger partial charge in [-0.2, -0.15) is 5.10 Å². The Kier molecular flexibility index (Phi) is 3.85. The highest BCUT2D eigenvalue weighted by Crippen LogP contribution is 2.22. The van der Waals surface area contributed by atoms with Crippen LogP contribution in [-0.2, 0) is 13.6 Å². The van der Waals surface area contributed by atoms with Crippen molar-refractivity contribution in [2.24, 2.45) is 7.05 Å². The number of rotatable bonds is 4. The van der Waals surface area contributed by atoms with Gasteiger partial charge in [-0.3, -0.25) is 4.68 Å². The van der Waals surface area contributed by atoms with Crippen LogP contribution in [0.5, 0.6) is 11.6 Å². The number of pyridine rings is 1. The van der Waals surface area contributed by atoms with Gasteiger partial charge in [-0.05, 0) is 26.8 Å². The molecular weight excluding hydrogens is 240 g/mol. The van der Waals surface area contributed by atoms with Gasteiger partial charge in [-0.25, -0.2) is 4.98 Å². The molecule has 0 saturated carbocycles. The van der Waals surface area contributed by atoms with Crippen molar-refractivity contribution in [1.29, 1.82) is 0 Å². The fraction of sp³-hybridized carbons (Fsp3) is 0.429. The molecule has 0 aliphatic carbocycles. The lowest BCUT2D eigenvalue weighted by molar-refractivity contribution is 0.409.